The van der Waals surface area contributed by atoms with Gasteiger partial charge in [0.1, 0.15) is 11.6 Å². The Morgan fingerprint density at radius 3 is 2.68 bits per heavy atom. The number of benzene rings is 1. The fourth-order valence-electron chi connectivity index (χ4n) is 2.35. The lowest BCUT2D eigenvalue weighted by atomic mass is 9.88. The van der Waals surface area contributed by atoms with E-state index < -0.39 is 0 Å². The van der Waals surface area contributed by atoms with Crippen molar-refractivity contribution in [2.75, 3.05) is 0 Å². The van der Waals surface area contributed by atoms with Crippen LogP contribution >= 0.6 is 0 Å². The molecule has 0 heterocycles. The van der Waals surface area contributed by atoms with E-state index in [1.165, 1.54) is 6.07 Å². The van der Waals surface area contributed by atoms with Gasteiger partial charge in [-0.2, -0.15) is 0 Å². The van der Waals surface area contributed by atoms with Crippen molar-refractivity contribution in [3.05, 3.63) is 35.1 Å². The van der Waals surface area contributed by atoms with Gasteiger partial charge in [-0.1, -0.05) is 12.1 Å². The van der Waals surface area contributed by atoms with Crippen LogP contribution in [-0.2, 0) is 16.1 Å². The van der Waals surface area contributed by atoms with E-state index in [9.17, 15) is 14.0 Å². The number of aryl methyl sites for hydroxylation is 1. The van der Waals surface area contributed by atoms with E-state index in [0.29, 0.717) is 37.8 Å². The summed E-state index contributed by atoms with van der Waals surface area (Å²) in [4.78, 5) is 23.0. The summed E-state index contributed by atoms with van der Waals surface area (Å²) in [7, 11) is 0. The van der Waals surface area contributed by atoms with E-state index in [2.05, 4.69) is 5.32 Å². The molecule has 19 heavy (non-hydrogen) atoms. The molecule has 0 aromatic heterocycles. The number of ketones is 1. The highest BCUT2D eigenvalue weighted by atomic mass is 19.1. The van der Waals surface area contributed by atoms with Gasteiger partial charge in [0.05, 0.1) is 0 Å². The number of Topliss-reactive ketones (excluding diaryl/α,β-unsaturated/α-hetero) is 1. The summed E-state index contributed by atoms with van der Waals surface area (Å²) in [5, 5.41) is 2.86. The Morgan fingerprint density at radius 1 is 1.37 bits per heavy atom. The second-order valence-electron chi connectivity index (χ2n) is 5.11. The monoisotopic (exact) mass is 263 g/mol. The van der Waals surface area contributed by atoms with Crippen LogP contribution in [0.5, 0.6) is 0 Å². The fourth-order valence-corrected chi connectivity index (χ4v) is 2.35. The third-order valence-electron chi connectivity index (χ3n) is 3.60. The number of halogens is 1. The van der Waals surface area contributed by atoms with Crippen molar-refractivity contribution in [2.24, 2.45) is 5.92 Å². The van der Waals surface area contributed by atoms with Crippen molar-refractivity contribution in [2.45, 2.75) is 39.2 Å². The van der Waals surface area contributed by atoms with Gasteiger partial charge >= 0.3 is 0 Å². The molecule has 1 saturated carbocycles. The minimum atomic E-state index is -0.235. The summed E-state index contributed by atoms with van der Waals surface area (Å²) >= 11 is 0. The first-order valence-electron chi connectivity index (χ1n) is 6.60. The number of hydrogen-bond donors (Lipinski definition) is 1. The van der Waals surface area contributed by atoms with Crippen LogP contribution in [0, 0.1) is 18.7 Å². The first-order chi connectivity index (χ1) is 9.06. The number of carbonyl (C=O) groups excluding carboxylic acids is 2. The molecule has 4 heteroatoms. The molecule has 0 bridgehead atoms. The molecule has 3 nitrogen and oxygen atoms in total. The summed E-state index contributed by atoms with van der Waals surface area (Å²) in [6, 6.07) is 4.82. The van der Waals surface area contributed by atoms with Crippen LogP contribution in [0.4, 0.5) is 4.39 Å². The minimum absolute atomic E-state index is 0.00511. The molecule has 1 amide bonds. The Labute approximate surface area is 112 Å². The zero-order valence-electron chi connectivity index (χ0n) is 11.0. The second-order valence-corrected chi connectivity index (χ2v) is 5.11. The number of nitrogens with one attached hydrogen (secondary N) is 1. The molecule has 0 unspecified atom stereocenters. The summed E-state index contributed by atoms with van der Waals surface area (Å²) < 4.78 is 13.1. The Hall–Kier alpha value is -1.71. The van der Waals surface area contributed by atoms with Gasteiger partial charge in [0.15, 0.2) is 0 Å². The SMILES string of the molecule is Cc1cc(CNC(=O)C2CCC(=O)CC2)ccc1F. The van der Waals surface area contributed by atoms with Crippen LogP contribution in [-0.4, -0.2) is 11.7 Å². The molecule has 1 aliphatic carbocycles. The molecule has 1 aliphatic rings. The van der Waals surface area contributed by atoms with Crippen LogP contribution < -0.4 is 5.32 Å². The van der Waals surface area contributed by atoms with E-state index >= 15 is 0 Å². The highest BCUT2D eigenvalue weighted by Crippen LogP contribution is 2.21. The van der Waals surface area contributed by atoms with Crippen molar-refractivity contribution >= 4 is 11.7 Å². The molecule has 102 valence electrons. The van der Waals surface area contributed by atoms with Gasteiger partial charge in [0, 0.05) is 25.3 Å². The van der Waals surface area contributed by atoms with Gasteiger partial charge < -0.3 is 5.32 Å². The van der Waals surface area contributed by atoms with Gasteiger partial charge in [0.25, 0.3) is 0 Å². The summed E-state index contributed by atoms with van der Waals surface area (Å²) in [6.45, 7) is 2.11. The van der Waals surface area contributed by atoms with Gasteiger partial charge in [-0.05, 0) is 37.0 Å². The van der Waals surface area contributed by atoms with Gasteiger partial charge in [-0.15, -0.1) is 0 Å². The van der Waals surface area contributed by atoms with Crippen LogP contribution in [0.2, 0.25) is 0 Å². The van der Waals surface area contributed by atoms with E-state index in [1.54, 1.807) is 19.1 Å². The fraction of sp³-hybridized carbons (Fsp3) is 0.467. The first kappa shape index (κ1) is 13.7. The molecule has 0 spiro atoms. The third kappa shape index (κ3) is 3.63. The highest BCUT2D eigenvalue weighted by molar-refractivity contribution is 5.84. The average molecular weight is 263 g/mol. The first-order valence-corrected chi connectivity index (χ1v) is 6.60. The summed E-state index contributed by atoms with van der Waals surface area (Å²) in [6.07, 6.45) is 2.31. The average Bonchev–Trinajstić information content (AvgIpc) is 2.40. The molecule has 1 aromatic carbocycles. The van der Waals surface area contributed by atoms with Crippen molar-refractivity contribution in [3.63, 3.8) is 0 Å². The quantitative estimate of drug-likeness (QED) is 0.910. The standard InChI is InChI=1S/C15H18FNO2/c1-10-8-11(2-7-14(10)16)9-17-15(19)12-3-5-13(18)6-4-12/h2,7-8,12H,3-6,9H2,1H3,(H,17,19). The Balaban J connectivity index is 1.86. The third-order valence-corrected chi connectivity index (χ3v) is 3.60. The van der Waals surface area contributed by atoms with Crippen molar-refractivity contribution in [1.29, 1.82) is 0 Å². The van der Waals surface area contributed by atoms with Crippen molar-refractivity contribution < 1.29 is 14.0 Å². The smallest absolute Gasteiger partial charge is 0.223 e. The maximum absolute atomic E-state index is 13.1. The van der Waals surface area contributed by atoms with E-state index in [4.69, 9.17) is 0 Å². The minimum Gasteiger partial charge on any atom is -0.352 e. The maximum Gasteiger partial charge on any atom is 0.223 e. The molecular formula is C15H18FNO2. The molecular weight excluding hydrogens is 245 g/mol. The molecule has 0 atom stereocenters. The second kappa shape index (κ2) is 5.95. The lowest BCUT2D eigenvalue weighted by Gasteiger charge is -2.20. The van der Waals surface area contributed by atoms with Gasteiger partial charge in [-0.3, -0.25) is 9.59 Å². The van der Waals surface area contributed by atoms with Crippen LogP contribution in [0.3, 0.4) is 0 Å². The van der Waals surface area contributed by atoms with E-state index in [0.717, 1.165) is 5.56 Å². The molecule has 2 rings (SSSR count). The van der Waals surface area contributed by atoms with Crippen LogP contribution in [0.1, 0.15) is 36.8 Å². The molecule has 1 fully saturated rings. The molecule has 1 N–H and O–H groups in total. The number of hydrogen-bond acceptors (Lipinski definition) is 2. The number of carbonyl (C=O) groups is 2. The number of amides is 1. The molecule has 0 aliphatic heterocycles. The molecule has 0 saturated heterocycles. The zero-order chi connectivity index (χ0) is 13.8. The van der Waals surface area contributed by atoms with Crippen LogP contribution in [0.15, 0.2) is 18.2 Å². The lowest BCUT2D eigenvalue weighted by molar-refractivity contribution is -0.128. The van der Waals surface area contributed by atoms with E-state index in [-0.39, 0.29) is 23.4 Å². The normalized spacial score (nSPS) is 16.4. The predicted molar refractivity (Wildman–Crippen MR) is 69.9 cm³/mol. The Bertz CT molecular complexity index is 489. The van der Waals surface area contributed by atoms with E-state index in [1.807, 2.05) is 0 Å². The maximum atomic E-state index is 13.1. The lowest BCUT2D eigenvalue weighted by Crippen LogP contribution is -2.32. The highest BCUT2D eigenvalue weighted by Gasteiger charge is 2.24. The van der Waals surface area contributed by atoms with Crippen molar-refractivity contribution in [3.8, 4) is 0 Å². The number of rotatable bonds is 3. The van der Waals surface area contributed by atoms with Crippen LogP contribution in [0.25, 0.3) is 0 Å². The summed E-state index contributed by atoms with van der Waals surface area (Å²) in [5.41, 5.74) is 1.47. The van der Waals surface area contributed by atoms with Gasteiger partial charge in [0.2, 0.25) is 5.91 Å². The zero-order valence-corrected chi connectivity index (χ0v) is 11.0. The van der Waals surface area contributed by atoms with Crippen molar-refractivity contribution in [1.82, 2.24) is 5.32 Å². The Morgan fingerprint density at radius 2 is 2.05 bits per heavy atom. The Kier molecular flexibility index (Phi) is 4.30. The molecule has 0 radical (unpaired) electrons. The van der Waals surface area contributed by atoms with Gasteiger partial charge in [-0.25, -0.2) is 4.39 Å². The largest absolute Gasteiger partial charge is 0.352 e. The molecule has 1 aromatic rings. The summed E-state index contributed by atoms with van der Waals surface area (Å²) in [5.74, 6) is -0.0483. The predicted octanol–water partition coefficient (Wildman–Crippen LogP) is 2.51. The topological polar surface area (TPSA) is 46.2 Å².